The topological polar surface area (TPSA) is 156 Å². The number of thiazole rings is 2. The van der Waals surface area contributed by atoms with Gasteiger partial charge in [0.05, 0.1) is 31.2 Å². The molecule has 8 aromatic rings. The van der Waals surface area contributed by atoms with Gasteiger partial charge >= 0.3 is 0 Å². The lowest BCUT2D eigenvalue weighted by atomic mass is 10.1. The second-order valence-corrected chi connectivity index (χ2v) is 16.2. The molecule has 2 amide bonds. The summed E-state index contributed by atoms with van der Waals surface area (Å²) in [6.45, 7) is 7.31. The summed E-state index contributed by atoms with van der Waals surface area (Å²) < 4.78 is 1.99. The van der Waals surface area contributed by atoms with Gasteiger partial charge < -0.3 is 20.2 Å². The number of nitrogens with one attached hydrogen (secondary N) is 3. The molecule has 0 atom stereocenters. The zero-order valence-corrected chi connectivity index (χ0v) is 35.7. The Hall–Kier alpha value is -5.74. The summed E-state index contributed by atoms with van der Waals surface area (Å²) in [7, 11) is 0. The first kappa shape index (κ1) is 41.4. The van der Waals surface area contributed by atoms with Crippen LogP contribution < -0.4 is 10.6 Å². The Kier molecular flexibility index (Phi) is 13.0. The molecule has 0 aliphatic rings. The average Bonchev–Trinajstić information content (AvgIpc) is 4.02. The van der Waals surface area contributed by atoms with Gasteiger partial charge in [-0.25, -0.2) is 29.9 Å². The molecule has 296 valence electrons. The maximum Gasteiger partial charge on any atom is 0.222 e. The number of rotatable bonds is 10. The number of pyridine rings is 2. The minimum atomic E-state index is -0.190. The Bertz CT molecular complexity index is 2820. The molecule has 12 nitrogen and oxygen atoms in total. The molecule has 18 heteroatoms. The van der Waals surface area contributed by atoms with Crippen LogP contribution in [0.15, 0.2) is 110 Å². The number of benzene rings is 2. The number of anilines is 2. The zero-order chi connectivity index (χ0) is 41.6. The number of carbonyl (C=O) groups excluding carboxylic acids is 2. The van der Waals surface area contributed by atoms with Crippen LogP contribution in [-0.4, -0.2) is 51.3 Å². The fourth-order valence-electron chi connectivity index (χ4n) is 5.75. The van der Waals surface area contributed by atoms with Gasteiger partial charge in [0.2, 0.25) is 11.8 Å². The van der Waals surface area contributed by atoms with E-state index in [1.807, 2.05) is 41.1 Å². The predicted molar refractivity (Wildman–Crippen MR) is 239 cm³/mol. The van der Waals surface area contributed by atoms with Crippen molar-refractivity contribution < 1.29 is 9.59 Å². The monoisotopic (exact) mass is 898 g/mol. The summed E-state index contributed by atoms with van der Waals surface area (Å²) in [6, 6.07) is 17.9. The molecule has 6 heterocycles. The van der Waals surface area contributed by atoms with Crippen LogP contribution in [0.2, 0.25) is 20.1 Å². The maximum absolute atomic E-state index is 11.4. The second-order valence-electron chi connectivity index (χ2n) is 12.5. The Morgan fingerprint density at radius 3 is 1.75 bits per heavy atom. The van der Waals surface area contributed by atoms with Crippen molar-refractivity contribution in [3.05, 3.63) is 131 Å². The highest BCUT2D eigenvalue weighted by molar-refractivity contribution is 7.19. The van der Waals surface area contributed by atoms with E-state index in [1.165, 1.54) is 36.5 Å². The van der Waals surface area contributed by atoms with E-state index >= 15 is 0 Å². The average molecular weight is 901 g/mol. The first-order valence-electron chi connectivity index (χ1n) is 17.5. The Labute approximate surface area is 366 Å². The van der Waals surface area contributed by atoms with Crippen molar-refractivity contribution in [3.63, 3.8) is 0 Å². The third kappa shape index (κ3) is 9.77. The van der Waals surface area contributed by atoms with E-state index in [4.69, 9.17) is 56.4 Å². The smallest absolute Gasteiger partial charge is 0.222 e. The first-order valence-corrected chi connectivity index (χ1v) is 20.6. The molecule has 0 saturated carbocycles. The minimum absolute atomic E-state index is 0.186. The molecule has 0 saturated heterocycles. The summed E-state index contributed by atoms with van der Waals surface area (Å²) in [6.07, 6.45) is 12.1. The Morgan fingerprint density at radius 1 is 0.712 bits per heavy atom. The highest BCUT2D eigenvalue weighted by atomic mass is 35.5. The van der Waals surface area contributed by atoms with Gasteiger partial charge in [0.25, 0.3) is 0 Å². The summed E-state index contributed by atoms with van der Waals surface area (Å²) in [5.74, 6) is 2.01. The Morgan fingerprint density at radius 2 is 1.25 bits per heavy atom. The fourth-order valence-corrected chi connectivity index (χ4v) is 8.87. The molecule has 8 rings (SSSR count). The number of imidazole rings is 2. The maximum atomic E-state index is 11.4. The van der Waals surface area contributed by atoms with E-state index < -0.39 is 0 Å². The number of hydrogen-bond donors (Lipinski definition) is 3. The van der Waals surface area contributed by atoms with Crippen molar-refractivity contribution in [2.24, 2.45) is 0 Å². The van der Waals surface area contributed by atoms with Crippen molar-refractivity contribution in [2.45, 2.75) is 20.4 Å². The number of aromatic nitrogens is 8. The second kappa shape index (κ2) is 18.5. The lowest BCUT2D eigenvalue weighted by Gasteiger charge is -2.07. The summed E-state index contributed by atoms with van der Waals surface area (Å²) >= 11 is 28.0. The number of nitrogens with zero attached hydrogens (tertiary/aromatic N) is 7. The van der Waals surface area contributed by atoms with Gasteiger partial charge in [-0.3, -0.25) is 9.59 Å². The van der Waals surface area contributed by atoms with Gasteiger partial charge in [0, 0.05) is 89.9 Å². The molecule has 0 fully saturated rings. The number of aromatic amines is 1. The molecule has 0 aliphatic heterocycles. The molecular weight excluding hydrogens is 870 g/mol. The lowest BCUT2D eigenvalue weighted by molar-refractivity contribution is -0.115. The van der Waals surface area contributed by atoms with Crippen LogP contribution >= 0.6 is 69.1 Å². The summed E-state index contributed by atoms with van der Waals surface area (Å²) in [5.41, 5.74) is 4.57. The molecule has 2 aromatic carbocycles. The van der Waals surface area contributed by atoms with Crippen LogP contribution in [0.4, 0.5) is 11.6 Å². The van der Waals surface area contributed by atoms with Gasteiger partial charge in [-0.1, -0.05) is 52.5 Å². The van der Waals surface area contributed by atoms with Gasteiger partial charge in [-0.05, 0) is 60.7 Å². The molecule has 59 heavy (non-hydrogen) atoms. The van der Waals surface area contributed by atoms with Crippen LogP contribution in [0.1, 0.15) is 13.8 Å². The van der Waals surface area contributed by atoms with E-state index in [2.05, 4.69) is 42.1 Å². The molecule has 6 aromatic heterocycles. The van der Waals surface area contributed by atoms with E-state index in [0.29, 0.717) is 55.5 Å². The predicted octanol–water partition coefficient (Wildman–Crippen LogP) is 11.7. The molecule has 0 aliphatic carbocycles. The van der Waals surface area contributed by atoms with Crippen molar-refractivity contribution in [3.8, 4) is 65.1 Å². The standard InChI is InChI=1S/C22H17Cl2N5OS.C19H13Cl2N5OS/c1-3-9-29-10-8-26-21(29)20-19(16-5-4-15(23)12-17(16)24)28-22(31-20)14-6-7-25-18(11-14)27-13(2)30;1-10(27)25-15-8-11(4-5-22-15)19-26-16(13-3-2-12(20)9-14(13)21)17(28-19)18-23-6-7-24-18/h3-8,10-12H,1,9H2,2H3,(H,25,27,30);2-9H,1H3,(H,23,24)(H,22,25,27). The number of amides is 2. The van der Waals surface area contributed by atoms with Crippen LogP contribution in [0.3, 0.4) is 0 Å². The molecule has 0 bridgehead atoms. The quantitative estimate of drug-likeness (QED) is 0.115. The van der Waals surface area contributed by atoms with Crippen LogP contribution in [0.5, 0.6) is 0 Å². The lowest BCUT2D eigenvalue weighted by Crippen LogP contribution is -2.07. The number of halogens is 4. The highest BCUT2D eigenvalue weighted by Crippen LogP contribution is 2.44. The summed E-state index contributed by atoms with van der Waals surface area (Å²) in [5, 5.41) is 8.99. The van der Waals surface area contributed by atoms with E-state index in [0.717, 1.165) is 47.8 Å². The van der Waals surface area contributed by atoms with Gasteiger partial charge in [0.15, 0.2) is 5.82 Å². The highest BCUT2D eigenvalue weighted by Gasteiger charge is 2.23. The number of allylic oxidation sites excluding steroid dienone is 1. The zero-order valence-electron chi connectivity index (χ0n) is 31.0. The van der Waals surface area contributed by atoms with Gasteiger partial charge in [0.1, 0.15) is 27.5 Å². The third-order valence-corrected chi connectivity index (χ3v) is 11.5. The normalized spacial score (nSPS) is 10.8. The van der Waals surface area contributed by atoms with Crippen molar-refractivity contribution in [2.75, 3.05) is 10.6 Å². The van der Waals surface area contributed by atoms with E-state index in [9.17, 15) is 9.59 Å². The van der Waals surface area contributed by atoms with Crippen molar-refractivity contribution in [1.82, 2.24) is 39.5 Å². The summed E-state index contributed by atoms with van der Waals surface area (Å²) in [4.78, 5) is 54.5. The van der Waals surface area contributed by atoms with Crippen LogP contribution in [-0.2, 0) is 16.1 Å². The van der Waals surface area contributed by atoms with Gasteiger partial charge in [-0.15, -0.1) is 29.3 Å². The van der Waals surface area contributed by atoms with E-state index in [1.54, 1.807) is 67.4 Å². The number of carbonyl (C=O) groups is 2. The number of hydrogen-bond acceptors (Lipinski definition) is 10. The molecule has 0 radical (unpaired) electrons. The Balaban J connectivity index is 0.000000180. The minimum Gasteiger partial charge on any atom is -0.344 e. The molecule has 0 spiro atoms. The number of H-pyrrole nitrogens is 1. The molecule has 0 unspecified atom stereocenters. The van der Waals surface area contributed by atoms with E-state index in [-0.39, 0.29) is 11.8 Å². The SMILES string of the molecule is C=CCn1ccnc1-c1sc(-c2ccnc(NC(C)=O)c2)nc1-c1ccc(Cl)cc1Cl.CC(=O)Nc1cc(-c2nc(-c3ccc(Cl)cc3Cl)c(-c3ncc[nH]3)s2)ccn1. The van der Waals surface area contributed by atoms with Crippen molar-refractivity contribution >= 4 is 92.5 Å². The van der Waals surface area contributed by atoms with Crippen LogP contribution in [0.25, 0.3) is 65.1 Å². The largest absolute Gasteiger partial charge is 0.344 e. The first-order chi connectivity index (χ1) is 28.5. The molecule has 3 N–H and O–H groups in total. The van der Waals surface area contributed by atoms with Crippen LogP contribution in [0, 0.1) is 0 Å². The van der Waals surface area contributed by atoms with Crippen molar-refractivity contribution in [1.29, 1.82) is 0 Å². The third-order valence-electron chi connectivity index (χ3n) is 8.21. The fraction of sp³-hybridized carbons (Fsp3) is 0.0732. The van der Waals surface area contributed by atoms with Gasteiger partial charge in [-0.2, -0.15) is 0 Å². The molecular formula is C41H30Cl4N10O2S2.